The molecule has 9 nitrogen and oxygen atoms in total. The molecule has 34 heavy (non-hydrogen) atoms. The number of nitrogens with one attached hydrogen (secondary N) is 2. The van der Waals surface area contributed by atoms with Gasteiger partial charge in [0.25, 0.3) is 10.0 Å². The van der Waals surface area contributed by atoms with Gasteiger partial charge in [-0.1, -0.05) is 18.2 Å². The van der Waals surface area contributed by atoms with Crippen molar-refractivity contribution in [2.75, 3.05) is 5.01 Å². The van der Waals surface area contributed by atoms with Crippen molar-refractivity contribution in [2.45, 2.75) is 18.7 Å². The van der Waals surface area contributed by atoms with Crippen LogP contribution in [-0.4, -0.2) is 25.9 Å². The number of anilines is 1. The summed E-state index contributed by atoms with van der Waals surface area (Å²) in [6.45, 7) is 2.89. The Hall–Kier alpha value is -1.99. The SMILES string of the molecule is CC(=O)NS(=O)(=O)c1ccc(N=NS/C([S-])=C2\C(=N)N(c3ccccc3)N=C2C)cc1.[Cl][Fe+][Cl]. The van der Waals surface area contributed by atoms with Crippen LogP contribution in [0.25, 0.3) is 0 Å². The second-order valence-corrected chi connectivity index (χ2v) is 11.2. The van der Waals surface area contributed by atoms with E-state index in [1.807, 2.05) is 35.1 Å². The number of hydrogen-bond donors (Lipinski definition) is 2. The van der Waals surface area contributed by atoms with E-state index in [-0.39, 0.29) is 23.9 Å². The first-order chi connectivity index (χ1) is 16.1. The van der Waals surface area contributed by atoms with Gasteiger partial charge in [-0.05, 0) is 43.3 Å². The van der Waals surface area contributed by atoms with Crippen LogP contribution in [0.15, 0.2) is 84.0 Å². The fraction of sp³-hybridized carbons (Fsp3) is 0.105. The molecule has 2 aromatic rings. The third-order valence-corrected chi connectivity index (χ3v) is 6.38. The summed E-state index contributed by atoms with van der Waals surface area (Å²) in [5, 5.41) is 18.3. The van der Waals surface area contributed by atoms with E-state index in [1.54, 1.807) is 6.92 Å². The molecule has 1 amide bonds. The van der Waals surface area contributed by atoms with Crippen LogP contribution >= 0.6 is 32.1 Å². The normalized spacial score (nSPS) is 15.0. The molecule has 1 aliphatic heterocycles. The standard InChI is InChI=1S/C19H18N6O3S3.2ClH.Fe/c1-12-17(18(20)25(22-12)15-6-4-3-5-7-15)19(29)30-24-21-14-8-10-16(11-9-14)31(27,28)23-13(2)26;;;/h3-11,20,29H,1-2H3,(H,23,26);2*1H;/q;;;+3/p-3/b19-17-,20-18?,24-21?;;;. The molecule has 2 N–H and O–H groups in total. The van der Waals surface area contributed by atoms with Gasteiger partial charge in [0.2, 0.25) is 5.91 Å². The van der Waals surface area contributed by atoms with Crippen molar-refractivity contribution in [3.8, 4) is 0 Å². The quantitative estimate of drug-likeness (QED) is 0.202. The maximum absolute atomic E-state index is 11.9. The van der Waals surface area contributed by atoms with Crippen molar-refractivity contribution in [1.29, 1.82) is 5.41 Å². The first-order valence-corrected chi connectivity index (χ1v) is 14.8. The van der Waals surface area contributed by atoms with Crippen LogP contribution in [-0.2, 0) is 40.6 Å². The predicted molar refractivity (Wildman–Crippen MR) is 135 cm³/mol. The first kappa shape index (κ1) is 28.2. The molecular formula is C19H17Cl2FeN6O3S3. The molecule has 0 saturated heterocycles. The molecule has 0 spiro atoms. The Kier molecular flexibility index (Phi) is 11.0. The fourth-order valence-electron chi connectivity index (χ4n) is 2.62. The van der Waals surface area contributed by atoms with E-state index in [2.05, 4.69) is 14.7 Å². The fourth-order valence-corrected chi connectivity index (χ4v) is 4.50. The number of nitrogens with zero attached hydrogens (tertiary/aromatic N) is 4. The van der Waals surface area contributed by atoms with Gasteiger partial charge in [-0.2, -0.15) is 5.10 Å². The van der Waals surface area contributed by atoms with Crippen LogP contribution < -0.4 is 9.73 Å². The summed E-state index contributed by atoms with van der Waals surface area (Å²) < 4.78 is 30.1. The summed E-state index contributed by atoms with van der Waals surface area (Å²) in [5.74, 6) is -0.516. The number of benzene rings is 2. The summed E-state index contributed by atoms with van der Waals surface area (Å²) in [6, 6.07) is 14.8. The van der Waals surface area contributed by atoms with Gasteiger partial charge in [-0.25, -0.2) is 18.1 Å². The minimum atomic E-state index is -3.90. The van der Waals surface area contributed by atoms with Gasteiger partial charge in [0.1, 0.15) is 0 Å². The molecule has 0 bridgehead atoms. The number of halogens is 2. The number of carbonyl (C=O) groups excluding carboxylic acids is 1. The van der Waals surface area contributed by atoms with Crippen LogP contribution in [0.1, 0.15) is 13.8 Å². The van der Waals surface area contributed by atoms with Crippen molar-refractivity contribution in [1.82, 2.24) is 4.72 Å². The zero-order chi connectivity index (χ0) is 25.3. The van der Waals surface area contributed by atoms with Gasteiger partial charge in [0.05, 0.1) is 22.0 Å². The minimum absolute atomic E-state index is 0.0624. The molecule has 1 heterocycles. The molecule has 0 saturated carbocycles. The molecule has 2 aromatic carbocycles. The van der Waals surface area contributed by atoms with Gasteiger partial charge in [0, 0.05) is 24.4 Å². The van der Waals surface area contributed by atoms with Gasteiger partial charge < -0.3 is 12.6 Å². The number of amides is 1. The number of para-hydroxylation sites is 1. The predicted octanol–water partition coefficient (Wildman–Crippen LogP) is 5.25. The van der Waals surface area contributed by atoms with E-state index in [1.165, 1.54) is 29.3 Å². The number of carbonyl (C=O) groups is 1. The summed E-state index contributed by atoms with van der Waals surface area (Å²) in [6.07, 6.45) is 0. The molecule has 181 valence electrons. The molecular weight excluding hydrogens is 583 g/mol. The van der Waals surface area contributed by atoms with Crippen molar-refractivity contribution in [2.24, 2.45) is 14.7 Å². The van der Waals surface area contributed by atoms with Crippen LogP contribution in [0.3, 0.4) is 0 Å². The number of sulfonamides is 1. The average Bonchev–Trinajstić information content (AvgIpc) is 3.08. The van der Waals surface area contributed by atoms with Crippen LogP contribution in [0.2, 0.25) is 0 Å². The third kappa shape index (κ3) is 7.77. The number of amidine groups is 1. The van der Waals surface area contributed by atoms with Gasteiger partial charge in [-0.3, -0.25) is 10.2 Å². The molecule has 0 aromatic heterocycles. The Morgan fingerprint density at radius 1 is 1.18 bits per heavy atom. The van der Waals surface area contributed by atoms with Crippen molar-refractivity contribution in [3.63, 3.8) is 0 Å². The maximum atomic E-state index is 11.9. The summed E-state index contributed by atoms with van der Waals surface area (Å²) in [5.41, 5.74) is 2.26. The Morgan fingerprint density at radius 3 is 2.32 bits per heavy atom. The zero-order valence-corrected chi connectivity index (χ0v) is 22.6. The van der Waals surface area contributed by atoms with E-state index in [4.69, 9.17) is 38.2 Å². The Balaban J connectivity index is 0.00000129. The van der Waals surface area contributed by atoms with Crippen LogP contribution in [0.4, 0.5) is 11.4 Å². The first-order valence-electron chi connectivity index (χ1n) is 9.08. The molecule has 15 heteroatoms. The Bertz CT molecular complexity index is 1240. The van der Waals surface area contributed by atoms with Gasteiger partial charge in [-0.15, -0.1) is 13.9 Å². The van der Waals surface area contributed by atoms with Crippen molar-refractivity contribution in [3.05, 3.63) is 64.4 Å². The van der Waals surface area contributed by atoms with Crippen molar-refractivity contribution < 1.29 is 26.3 Å². The molecule has 1 aliphatic rings. The number of hydrazone groups is 1. The van der Waals surface area contributed by atoms with Crippen molar-refractivity contribution >= 4 is 83.6 Å². The van der Waals surface area contributed by atoms with E-state index in [0.29, 0.717) is 21.2 Å². The second kappa shape index (κ2) is 13.2. The second-order valence-electron chi connectivity index (χ2n) is 6.32. The molecule has 0 radical (unpaired) electrons. The monoisotopic (exact) mass is 599 g/mol. The van der Waals surface area contributed by atoms with E-state index < -0.39 is 15.9 Å². The molecule has 0 aliphatic carbocycles. The summed E-state index contributed by atoms with van der Waals surface area (Å²) >= 11 is 6.52. The molecule has 0 unspecified atom stereocenters. The van der Waals surface area contributed by atoms with Gasteiger partial charge >= 0.3 is 33.3 Å². The Labute approximate surface area is 221 Å². The number of rotatable bonds is 6. The van der Waals surface area contributed by atoms with Gasteiger partial charge in [0.15, 0.2) is 5.84 Å². The third-order valence-electron chi connectivity index (χ3n) is 3.97. The van der Waals surface area contributed by atoms with E-state index in [9.17, 15) is 13.2 Å². The number of hydrogen-bond acceptors (Lipinski definition) is 9. The summed E-state index contributed by atoms with van der Waals surface area (Å²) in [4.78, 5) is 10.9. The van der Waals surface area contributed by atoms with E-state index in [0.717, 1.165) is 24.6 Å². The van der Waals surface area contributed by atoms with E-state index >= 15 is 0 Å². The molecule has 0 fully saturated rings. The topological polar surface area (TPSA) is 127 Å². The molecule has 3 rings (SSSR count). The zero-order valence-electron chi connectivity index (χ0n) is 17.5. The van der Waals surface area contributed by atoms with Crippen LogP contribution in [0.5, 0.6) is 0 Å². The Morgan fingerprint density at radius 2 is 1.76 bits per heavy atom. The molecule has 0 atom stereocenters. The van der Waals surface area contributed by atoms with Crippen LogP contribution in [0, 0.1) is 5.41 Å². The summed E-state index contributed by atoms with van der Waals surface area (Å²) in [7, 11) is 5.62. The average molecular weight is 600 g/mol.